The summed E-state index contributed by atoms with van der Waals surface area (Å²) in [6, 6.07) is 13.7. The predicted octanol–water partition coefficient (Wildman–Crippen LogP) is 2.87. The maximum Gasteiger partial charge on any atom is 0.189 e. The van der Waals surface area contributed by atoms with Crippen molar-refractivity contribution in [2.45, 2.75) is 13.2 Å². The third-order valence-electron chi connectivity index (χ3n) is 2.60. The third kappa shape index (κ3) is 4.05. The fraction of sp³-hybridized carbons (Fsp3) is 0.200. The summed E-state index contributed by atoms with van der Waals surface area (Å²) >= 11 is 0. The summed E-state index contributed by atoms with van der Waals surface area (Å²) < 4.78 is 23.7. The molecule has 100 valence electrons. The van der Waals surface area contributed by atoms with Crippen LogP contribution < -0.4 is 4.74 Å². The fourth-order valence-corrected chi connectivity index (χ4v) is 1.65. The Hall–Kier alpha value is -1.91. The molecule has 0 aliphatic heterocycles. The summed E-state index contributed by atoms with van der Waals surface area (Å²) in [6.45, 7) is 0.218. The van der Waals surface area contributed by atoms with E-state index in [9.17, 15) is 4.39 Å². The number of rotatable bonds is 6. The Labute approximate surface area is 111 Å². The summed E-state index contributed by atoms with van der Waals surface area (Å²) in [4.78, 5) is 0. The second-order valence-electron chi connectivity index (χ2n) is 4.01. The van der Waals surface area contributed by atoms with E-state index in [-0.39, 0.29) is 13.4 Å². The number of ether oxygens (including phenoxy) is 2. The first kappa shape index (κ1) is 13.5. The molecule has 0 unspecified atom stereocenters. The van der Waals surface area contributed by atoms with Gasteiger partial charge in [-0.15, -0.1) is 0 Å². The molecule has 0 saturated carbocycles. The second kappa shape index (κ2) is 6.87. The minimum Gasteiger partial charge on any atom is -0.467 e. The normalized spacial score (nSPS) is 10.4. The zero-order valence-corrected chi connectivity index (χ0v) is 10.4. The molecule has 4 heteroatoms. The van der Waals surface area contributed by atoms with Gasteiger partial charge >= 0.3 is 0 Å². The summed E-state index contributed by atoms with van der Waals surface area (Å²) in [5, 5.41) is 9.09. The topological polar surface area (TPSA) is 38.7 Å². The molecule has 0 amide bonds. The minimum absolute atomic E-state index is 0.0491. The summed E-state index contributed by atoms with van der Waals surface area (Å²) in [7, 11) is 0. The van der Waals surface area contributed by atoms with Crippen LogP contribution in [0, 0.1) is 5.82 Å². The van der Waals surface area contributed by atoms with E-state index in [0.717, 1.165) is 5.56 Å². The molecular weight excluding hydrogens is 247 g/mol. The van der Waals surface area contributed by atoms with Crippen molar-refractivity contribution >= 4 is 0 Å². The molecule has 0 aliphatic carbocycles. The van der Waals surface area contributed by atoms with Crippen LogP contribution in [0.1, 0.15) is 11.1 Å². The highest BCUT2D eigenvalue weighted by Crippen LogP contribution is 2.19. The minimum atomic E-state index is -0.401. The van der Waals surface area contributed by atoms with Crippen molar-refractivity contribution in [3.8, 4) is 5.75 Å². The number of hydrogen-bond donors (Lipinski definition) is 1. The first-order valence-corrected chi connectivity index (χ1v) is 5.93. The van der Waals surface area contributed by atoms with E-state index in [2.05, 4.69) is 0 Å². The smallest absolute Gasteiger partial charge is 0.189 e. The number of hydrogen-bond acceptors (Lipinski definition) is 3. The zero-order chi connectivity index (χ0) is 13.5. The lowest BCUT2D eigenvalue weighted by molar-refractivity contribution is 0.00395. The van der Waals surface area contributed by atoms with Gasteiger partial charge in [0.25, 0.3) is 0 Å². The van der Waals surface area contributed by atoms with Crippen molar-refractivity contribution < 1.29 is 19.0 Å². The molecule has 0 bridgehead atoms. The van der Waals surface area contributed by atoms with Gasteiger partial charge in [-0.25, -0.2) is 4.39 Å². The summed E-state index contributed by atoms with van der Waals surface area (Å²) in [6.07, 6.45) is 0. The van der Waals surface area contributed by atoms with Crippen molar-refractivity contribution in [1.82, 2.24) is 0 Å². The maximum absolute atomic E-state index is 12.9. The average Bonchev–Trinajstić information content (AvgIpc) is 2.46. The van der Waals surface area contributed by atoms with Crippen LogP contribution >= 0.6 is 0 Å². The van der Waals surface area contributed by atoms with Crippen LogP contribution in [0.3, 0.4) is 0 Å². The Kier molecular flexibility index (Phi) is 4.89. The molecular formula is C15H15FO3. The Morgan fingerprint density at radius 3 is 2.58 bits per heavy atom. The van der Waals surface area contributed by atoms with Gasteiger partial charge in [0.1, 0.15) is 11.6 Å². The van der Waals surface area contributed by atoms with E-state index in [0.29, 0.717) is 17.9 Å². The van der Waals surface area contributed by atoms with Gasteiger partial charge in [-0.1, -0.05) is 30.3 Å². The summed E-state index contributed by atoms with van der Waals surface area (Å²) in [5.41, 5.74) is 1.45. The van der Waals surface area contributed by atoms with Crippen LogP contribution in [-0.4, -0.2) is 11.9 Å². The lowest BCUT2D eigenvalue weighted by atomic mass is 10.2. The Morgan fingerprint density at radius 2 is 1.84 bits per heavy atom. The molecule has 0 atom stereocenters. The van der Waals surface area contributed by atoms with Gasteiger partial charge in [-0.05, 0) is 23.8 Å². The van der Waals surface area contributed by atoms with Gasteiger partial charge in [-0.2, -0.15) is 0 Å². The van der Waals surface area contributed by atoms with Crippen molar-refractivity contribution in [2.75, 3.05) is 6.79 Å². The molecule has 0 aliphatic rings. The highest BCUT2D eigenvalue weighted by molar-refractivity contribution is 5.33. The number of aliphatic hydroxyl groups is 1. The van der Waals surface area contributed by atoms with Crippen LogP contribution in [-0.2, 0) is 18.0 Å². The molecule has 1 N–H and O–H groups in total. The van der Waals surface area contributed by atoms with Crippen molar-refractivity contribution in [3.63, 3.8) is 0 Å². The molecule has 2 rings (SSSR count). The van der Waals surface area contributed by atoms with E-state index < -0.39 is 5.82 Å². The Bertz CT molecular complexity index is 514. The fourth-order valence-electron chi connectivity index (χ4n) is 1.65. The van der Waals surface area contributed by atoms with Crippen molar-refractivity contribution in [3.05, 3.63) is 65.5 Å². The maximum atomic E-state index is 12.9. The Morgan fingerprint density at radius 1 is 1.05 bits per heavy atom. The molecule has 3 nitrogen and oxygen atoms in total. The highest BCUT2D eigenvalue weighted by Gasteiger charge is 2.04. The van der Waals surface area contributed by atoms with Gasteiger partial charge < -0.3 is 14.6 Å². The SMILES string of the molecule is OCc1cc(F)ccc1OCOCc1ccccc1. The number of aliphatic hydroxyl groups excluding tert-OH is 1. The molecule has 2 aromatic rings. The van der Waals surface area contributed by atoms with Crippen LogP contribution in [0.4, 0.5) is 4.39 Å². The van der Waals surface area contributed by atoms with E-state index in [1.807, 2.05) is 30.3 Å². The first-order chi connectivity index (χ1) is 9.29. The van der Waals surface area contributed by atoms with Gasteiger partial charge in [-0.3, -0.25) is 0 Å². The monoisotopic (exact) mass is 262 g/mol. The second-order valence-corrected chi connectivity index (χ2v) is 4.01. The van der Waals surface area contributed by atoms with Crippen LogP contribution in [0.2, 0.25) is 0 Å². The van der Waals surface area contributed by atoms with Gasteiger partial charge in [0.05, 0.1) is 13.2 Å². The van der Waals surface area contributed by atoms with E-state index in [1.54, 1.807) is 0 Å². The first-order valence-electron chi connectivity index (χ1n) is 5.93. The van der Waals surface area contributed by atoms with E-state index >= 15 is 0 Å². The molecule has 0 radical (unpaired) electrons. The van der Waals surface area contributed by atoms with Gasteiger partial charge in [0.15, 0.2) is 6.79 Å². The molecule has 0 fully saturated rings. The van der Waals surface area contributed by atoms with Gasteiger partial charge in [0.2, 0.25) is 0 Å². The molecule has 0 heterocycles. The largest absolute Gasteiger partial charge is 0.467 e. The predicted molar refractivity (Wildman–Crippen MR) is 69.0 cm³/mol. The molecule has 0 spiro atoms. The number of halogens is 1. The molecule has 19 heavy (non-hydrogen) atoms. The highest BCUT2D eigenvalue weighted by atomic mass is 19.1. The zero-order valence-electron chi connectivity index (χ0n) is 10.4. The summed E-state index contributed by atoms with van der Waals surface area (Å²) in [5.74, 6) is 0.0264. The molecule has 0 aromatic heterocycles. The molecule has 2 aromatic carbocycles. The van der Waals surface area contributed by atoms with Gasteiger partial charge in [0, 0.05) is 5.56 Å². The van der Waals surface area contributed by atoms with Crippen molar-refractivity contribution in [2.24, 2.45) is 0 Å². The lowest BCUT2D eigenvalue weighted by Gasteiger charge is -2.10. The van der Waals surface area contributed by atoms with Crippen LogP contribution in [0.5, 0.6) is 5.75 Å². The van der Waals surface area contributed by atoms with Crippen LogP contribution in [0.15, 0.2) is 48.5 Å². The number of benzene rings is 2. The molecule has 0 saturated heterocycles. The quantitative estimate of drug-likeness (QED) is 0.642. The average molecular weight is 262 g/mol. The van der Waals surface area contributed by atoms with E-state index in [4.69, 9.17) is 14.6 Å². The lowest BCUT2D eigenvalue weighted by Crippen LogP contribution is -2.05. The Balaban J connectivity index is 1.83. The van der Waals surface area contributed by atoms with Crippen LogP contribution in [0.25, 0.3) is 0 Å². The standard InChI is InChI=1S/C15H15FO3/c16-14-6-7-15(13(8-14)9-17)19-11-18-10-12-4-2-1-3-5-12/h1-8,17H,9-11H2. The van der Waals surface area contributed by atoms with E-state index in [1.165, 1.54) is 18.2 Å². The third-order valence-corrected chi connectivity index (χ3v) is 2.60. The van der Waals surface area contributed by atoms with Crippen molar-refractivity contribution in [1.29, 1.82) is 0 Å².